The lowest BCUT2D eigenvalue weighted by Crippen LogP contribution is -2.22. The van der Waals surface area contributed by atoms with E-state index < -0.39 is 0 Å². The molecular weight excluding hydrogens is 262 g/mol. The zero-order chi connectivity index (χ0) is 12.8. The Kier molecular flexibility index (Phi) is 5.92. The third-order valence-corrected chi connectivity index (χ3v) is 5.77. The molecule has 0 bridgehead atoms. The minimum absolute atomic E-state index is 0.336. The number of aromatic nitrogens is 2. The average Bonchev–Trinajstić information content (AvgIpc) is 2.82. The van der Waals surface area contributed by atoms with E-state index in [0.717, 1.165) is 21.8 Å². The molecule has 0 aliphatic heterocycles. The summed E-state index contributed by atoms with van der Waals surface area (Å²) in [5.41, 5.74) is 0. The molecule has 18 heavy (non-hydrogen) atoms. The lowest BCUT2D eigenvalue weighted by molar-refractivity contribution is 0.515. The van der Waals surface area contributed by atoms with Crippen LogP contribution in [0.25, 0.3) is 0 Å². The van der Waals surface area contributed by atoms with Crippen LogP contribution < -0.4 is 5.32 Å². The summed E-state index contributed by atoms with van der Waals surface area (Å²) in [6.07, 6.45) is 7.17. The molecule has 1 saturated carbocycles. The lowest BCUT2D eigenvalue weighted by Gasteiger charge is -2.21. The second kappa shape index (κ2) is 7.46. The van der Waals surface area contributed by atoms with E-state index in [4.69, 9.17) is 0 Å². The van der Waals surface area contributed by atoms with Gasteiger partial charge in [-0.05, 0) is 26.7 Å². The van der Waals surface area contributed by atoms with E-state index in [0.29, 0.717) is 6.04 Å². The molecule has 1 fully saturated rings. The average molecular weight is 285 g/mol. The molecule has 3 nitrogen and oxygen atoms in total. The molecule has 1 atom stereocenters. The molecule has 0 saturated heterocycles. The van der Waals surface area contributed by atoms with Crippen LogP contribution in [0.4, 0.5) is 0 Å². The van der Waals surface area contributed by atoms with Crippen molar-refractivity contribution in [2.45, 2.75) is 57.2 Å². The van der Waals surface area contributed by atoms with Gasteiger partial charge in [0.15, 0.2) is 0 Å². The Morgan fingerprint density at radius 2 is 2.11 bits per heavy atom. The van der Waals surface area contributed by atoms with Gasteiger partial charge in [-0.2, -0.15) is 11.8 Å². The van der Waals surface area contributed by atoms with Crippen LogP contribution >= 0.6 is 23.1 Å². The summed E-state index contributed by atoms with van der Waals surface area (Å²) in [6.45, 7) is 5.25. The first-order chi connectivity index (χ1) is 8.75. The summed E-state index contributed by atoms with van der Waals surface area (Å²) in [7, 11) is 0. The highest BCUT2D eigenvalue weighted by Crippen LogP contribution is 2.27. The highest BCUT2D eigenvalue weighted by molar-refractivity contribution is 7.99. The van der Waals surface area contributed by atoms with Crippen molar-refractivity contribution in [3.8, 4) is 0 Å². The Balaban J connectivity index is 1.60. The topological polar surface area (TPSA) is 37.8 Å². The standard InChI is InChI=1S/C13H23N3S2/c1-10(13-16-15-11(2)18-13)14-8-9-17-12-6-4-3-5-7-12/h10,12,14H,3-9H2,1-2H3. The molecule has 1 N–H and O–H groups in total. The number of rotatable bonds is 6. The lowest BCUT2D eigenvalue weighted by atomic mass is 10.0. The predicted octanol–water partition coefficient (Wildman–Crippen LogP) is 3.56. The molecule has 1 aliphatic rings. The van der Waals surface area contributed by atoms with E-state index in [-0.39, 0.29) is 0 Å². The SMILES string of the molecule is Cc1nnc(C(C)NCCSC2CCCCC2)s1. The first-order valence-electron chi connectivity index (χ1n) is 6.90. The zero-order valence-corrected chi connectivity index (χ0v) is 12.9. The molecular formula is C13H23N3S2. The Morgan fingerprint density at radius 3 is 2.78 bits per heavy atom. The van der Waals surface area contributed by atoms with Crippen molar-refractivity contribution in [2.75, 3.05) is 12.3 Å². The summed E-state index contributed by atoms with van der Waals surface area (Å²) in [6, 6.07) is 0.336. The summed E-state index contributed by atoms with van der Waals surface area (Å²) >= 11 is 3.84. The number of thioether (sulfide) groups is 1. The van der Waals surface area contributed by atoms with Gasteiger partial charge in [0.1, 0.15) is 10.0 Å². The fraction of sp³-hybridized carbons (Fsp3) is 0.846. The van der Waals surface area contributed by atoms with Gasteiger partial charge in [0.2, 0.25) is 0 Å². The van der Waals surface area contributed by atoms with Gasteiger partial charge >= 0.3 is 0 Å². The maximum atomic E-state index is 4.18. The molecule has 2 rings (SSSR count). The Labute approximate surface area is 118 Å². The highest BCUT2D eigenvalue weighted by Gasteiger charge is 2.14. The highest BCUT2D eigenvalue weighted by atomic mass is 32.2. The van der Waals surface area contributed by atoms with Gasteiger partial charge in [-0.15, -0.1) is 21.5 Å². The van der Waals surface area contributed by atoms with Crippen LogP contribution in [0.3, 0.4) is 0 Å². The van der Waals surface area contributed by atoms with Crippen molar-refractivity contribution in [2.24, 2.45) is 0 Å². The van der Waals surface area contributed by atoms with Crippen molar-refractivity contribution >= 4 is 23.1 Å². The molecule has 1 unspecified atom stereocenters. The monoisotopic (exact) mass is 285 g/mol. The van der Waals surface area contributed by atoms with Gasteiger partial charge in [-0.3, -0.25) is 0 Å². The van der Waals surface area contributed by atoms with Gasteiger partial charge in [0.25, 0.3) is 0 Å². The second-order valence-corrected chi connectivity index (χ2v) is 7.59. The van der Waals surface area contributed by atoms with Crippen LogP contribution in [0, 0.1) is 6.92 Å². The van der Waals surface area contributed by atoms with Gasteiger partial charge in [-0.25, -0.2) is 0 Å². The van der Waals surface area contributed by atoms with E-state index in [1.54, 1.807) is 11.3 Å². The van der Waals surface area contributed by atoms with Crippen molar-refractivity contribution in [1.82, 2.24) is 15.5 Å². The Bertz CT molecular complexity index is 348. The van der Waals surface area contributed by atoms with E-state index in [1.165, 1.54) is 37.9 Å². The quantitative estimate of drug-likeness (QED) is 0.811. The van der Waals surface area contributed by atoms with E-state index in [9.17, 15) is 0 Å². The second-order valence-electron chi connectivity index (χ2n) is 4.97. The smallest absolute Gasteiger partial charge is 0.134 e. The molecule has 0 radical (unpaired) electrons. The van der Waals surface area contributed by atoms with Gasteiger partial charge < -0.3 is 5.32 Å². The van der Waals surface area contributed by atoms with E-state index >= 15 is 0 Å². The van der Waals surface area contributed by atoms with Crippen LogP contribution in [0.15, 0.2) is 0 Å². The maximum absolute atomic E-state index is 4.18. The van der Waals surface area contributed by atoms with Crippen LogP contribution in [0.1, 0.15) is 55.1 Å². The molecule has 1 aromatic rings. The van der Waals surface area contributed by atoms with Crippen molar-refractivity contribution in [1.29, 1.82) is 0 Å². The van der Waals surface area contributed by atoms with E-state index in [2.05, 4.69) is 34.2 Å². The summed E-state index contributed by atoms with van der Waals surface area (Å²) < 4.78 is 0. The predicted molar refractivity (Wildman–Crippen MR) is 80.4 cm³/mol. The minimum atomic E-state index is 0.336. The van der Waals surface area contributed by atoms with E-state index in [1.807, 2.05) is 6.92 Å². The number of nitrogens with one attached hydrogen (secondary N) is 1. The first kappa shape index (κ1) is 14.3. The van der Waals surface area contributed by atoms with Gasteiger partial charge in [0, 0.05) is 17.5 Å². The third-order valence-electron chi connectivity index (χ3n) is 3.37. The Morgan fingerprint density at radius 1 is 1.33 bits per heavy atom. The van der Waals surface area contributed by atoms with Crippen molar-refractivity contribution in [3.05, 3.63) is 10.0 Å². The zero-order valence-electron chi connectivity index (χ0n) is 11.3. The molecule has 0 aromatic carbocycles. The van der Waals surface area contributed by atoms with Crippen molar-refractivity contribution < 1.29 is 0 Å². The molecule has 1 heterocycles. The third kappa shape index (κ3) is 4.52. The van der Waals surface area contributed by atoms with Crippen LogP contribution in [-0.4, -0.2) is 27.7 Å². The summed E-state index contributed by atoms with van der Waals surface area (Å²) in [5.74, 6) is 1.22. The van der Waals surface area contributed by atoms with Crippen molar-refractivity contribution in [3.63, 3.8) is 0 Å². The Hall–Kier alpha value is -0.130. The molecule has 102 valence electrons. The summed E-state index contributed by atoms with van der Waals surface area (Å²) in [4.78, 5) is 0. The van der Waals surface area contributed by atoms with Crippen LogP contribution in [0.5, 0.6) is 0 Å². The first-order valence-corrected chi connectivity index (χ1v) is 8.77. The number of aryl methyl sites for hydroxylation is 1. The van der Waals surface area contributed by atoms with Gasteiger partial charge in [0.05, 0.1) is 6.04 Å². The number of hydrogen-bond donors (Lipinski definition) is 1. The number of hydrogen-bond acceptors (Lipinski definition) is 5. The summed E-state index contributed by atoms with van der Waals surface area (Å²) in [5, 5.41) is 14.9. The number of nitrogens with zero attached hydrogens (tertiary/aromatic N) is 2. The fourth-order valence-corrected chi connectivity index (χ4v) is 4.27. The van der Waals surface area contributed by atoms with Gasteiger partial charge in [-0.1, -0.05) is 19.3 Å². The molecule has 1 aliphatic carbocycles. The largest absolute Gasteiger partial charge is 0.307 e. The normalized spacial score (nSPS) is 19.0. The van der Waals surface area contributed by atoms with Crippen LogP contribution in [-0.2, 0) is 0 Å². The molecule has 0 amide bonds. The molecule has 5 heteroatoms. The molecule has 0 spiro atoms. The minimum Gasteiger partial charge on any atom is -0.307 e. The molecule has 1 aromatic heterocycles. The fourth-order valence-electron chi connectivity index (χ4n) is 2.31. The maximum Gasteiger partial charge on any atom is 0.134 e. The van der Waals surface area contributed by atoms with Crippen LogP contribution in [0.2, 0.25) is 0 Å².